The molecule has 1 amide bonds. The van der Waals surface area contributed by atoms with Crippen molar-refractivity contribution in [1.82, 2.24) is 19.9 Å². The number of imidazole rings is 1. The molecule has 5 nitrogen and oxygen atoms in total. The predicted octanol–water partition coefficient (Wildman–Crippen LogP) is 1.80. The molecule has 2 aromatic rings. The lowest BCUT2D eigenvalue weighted by atomic mass is 10.2. The molecular formula is C14H18N4O. The monoisotopic (exact) mass is 258 g/mol. The number of nitrogens with one attached hydrogen (secondary N) is 1. The first-order valence-corrected chi connectivity index (χ1v) is 6.43. The molecule has 0 spiro atoms. The summed E-state index contributed by atoms with van der Waals surface area (Å²) in [6.45, 7) is 3.48. The van der Waals surface area contributed by atoms with Crippen LogP contribution in [0.15, 0.2) is 36.9 Å². The van der Waals surface area contributed by atoms with Crippen LogP contribution in [0.4, 0.5) is 0 Å². The molecule has 0 aromatic carbocycles. The number of hydrogen-bond acceptors (Lipinski definition) is 3. The van der Waals surface area contributed by atoms with Gasteiger partial charge in [-0.05, 0) is 31.9 Å². The van der Waals surface area contributed by atoms with Crippen LogP contribution in [0.25, 0.3) is 0 Å². The van der Waals surface area contributed by atoms with Crippen LogP contribution in [-0.4, -0.2) is 27.0 Å². The van der Waals surface area contributed by atoms with Gasteiger partial charge >= 0.3 is 0 Å². The number of carbonyl (C=O) groups is 1. The SMILES string of the molecule is Cc1cccc(C(=O)NCCCCn2ccnc2)n1. The summed E-state index contributed by atoms with van der Waals surface area (Å²) in [5, 5.41) is 2.88. The Morgan fingerprint density at radius 1 is 1.37 bits per heavy atom. The van der Waals surface area contributed by atoms with E-state index in [0.29, 0.717) is 12.2 Å². The highest BCUT2D eigenvalue weighted by Crippen LogP contribution is 1.99. The molecule has 0 bridgehead atoms. The number of aryl methyl sites for hydroxylation is 2. The van der Waals surface area contributed by atoms with Crippen molar-refractivity contribution in [1.29, 1.82) is 0 Å². The molecule has 0 aliphatic carbocycles. The maximum absolute atomic E-state index is 11.8. The third kappa shape index (κ3) is 4.21. The minimum atomic E-state index is -0.105. The van der Waals surface area contributed by atoms with Gasteiger partial charge in [0.2, 0.25) is 0 Å². The van der Waals surface area contributed by atoms with Crippen molar-refractivity contribution in [3.05, 3.63) is 48.3 Å². The third-order valence-corrected chi connectivity index (χ3v) is 2.81. The summed E-state index contributed by atoms with van der Waals surface area (Å²) >= 11 is 0. The van der Waals surface area contributed by atoms with Crippen molar-refractivity contribution in [2.45, 2.75) is 26.3 Å². The fourth-order valence-corrected chi connectivity index (χ4v) is 1.80. The Morgan fingerprint density at radius 3 is 3.00 bits per heavy atom. The van der Waals surface area contributed by atoms with Crippen molar-refractivity contribution in [3.8, 4) is 0 Å². The van der Waals surface area contributed by atoms with Gasteiger partial charge in [-0.2, -0.15) is 0 Å². The molecule has 0 aliphatic heterocycles. The van der Waals surface area contributed by atoms with Crippen molar-refractivity contribution < 1.29 is 4.79 Å². The van der Waals surface area contributed by atoms with Gasteiger partial charge < -0.3 is 9.88 Å². The van der Waals surface area contributed by atoms with Gasteiger partial charge in [0, 0.05) is 31.2 Å². The number of pyridine rings is 1. The zero-order valence-corrected chi connectivity index (χ0v) is 11.0. The molecule has 2 heterocycles. The minimum absolute atomic E-state index is 0.105. The highest BCUT2D eigenvalue weighted by atomic mass is 16.1. The van der Waals surface area contributed by atoms with Gasteiger partial charge in [0.05, 0.1) is 6.33 Å². The molecule has 0 aliphatic rings. The Bertz CT molecular complexity index is 522. The maximum atomic E-state index is 11.8. The summed E-state index contributed by atoms with van der Waals surface area (Å²) in [7, 11) is 0. The molecule has 100 valence electrons. The van der Waals surface area contributed by atoms with Crippen LogP contribution in [0.2, 0.25) is 0 Å². The summed E-state index contributed by atoms with van der Waals surface area (Å²) < 4.78 is 2.03. The van der Waals surface area contributed by atoms with E-state index in [0.717, 1.165) is 25.1 Å². The number of rotatable bonds is 6. The molecule has 2 rings (SSSR count). The van der Waals surface area contributed by atoms with Crippen LogP contribution in [0.1, 0.15) is 29.0 Å². The van der Waals surface area contributed by atoms with Gasteiger partial charge in [-0.3, -0.25) is 4.79 Å². The van der Waals surface area contributed by atoms with Crippen LogP contribution in [0.3, 0.4) is 0 Å². The lowest BCUT2D eigenvalue weighted by Gasteiger charge is -2.05. The Hall–Kier alpha value is -2.17. The Balaban J connectivity index is 1.67. The van der Waals surface area contributed by atoms with Crippen molar-refractivity contribution in [3.63, 3.8) is 0 Å². The average Bonchev–Trinajstić information content (AvgIpc) is 2.91. The van der Waals surface area contributed by atoms with E-state index in [2.05, 4.69) is 15.3 Å². The lowest BCUT2D eigenvalue weighted by molar-refractivity contribution is 0.0947. The predicted molar refractivity (Wildman–Crippen MR) is 72.8 cm³/mol. The smallest absolute Gasteiger partial charge is 0.269 e. The van der Waals surface area contributed by atoms with E-state index >= 15 is 0 Å². The molecular weight excluding hydrogens is 240 g/mol. The number of hydrogen-bond donors (Lipinski definition) is 1. The van der Waals surface area contributed by atoms with Gasteiger partial charge in [-0.15, -0.1) is 0 Å². The maximum Gasteiger partial charge on any atom is 0.269 e. The first-order chi connectivity index (χ1) is 9.25. The highest BCUT2D eigenvalue weighted by molar-refractivity contribution is 5.92. The summed E-state index contributed by atoms with van der Waals surface area (Å²) in [4.78, 5) is 20.0. The number of nitrogens with zero attached hydrogens (tertiary/aromatic N) is 3. The van der Waals surface area contributed by atoms with E-state index in [1.54, 1.807) is 18.6 Å². The minimum Gasteiger partial charge on any atom is -0.351 e. The van der Waals surface area contributed by atoms with E-state index in [1.807, 2.05) is 29.8 Å². The first kappa shape index (κ1) is 13.3. The molecule has 5 heteroatoms. The van der Waals surface area contributed by atoms with Gasteiger partial charge in [-0.25, -0.2) is 9.97 Å². The number of carbonyl (C=O) groups excluding carboxylic acids is 1. The van der Waals surface area contributed by atoms with Gasteiger partial charge in [0.15, 0.2) is 0 Å². The largest absolute Gasteiger partial charge is 0.351 e. The lowest BCUT2D eigenvalue weighted by Crippen LogP contribution is -2.25. The first-order valence-electron chi connectivity index (χ1n) is 6.43. The van der Waals surface area contributed by atoms with E-state index in [4.69, 9.17) is 0 Å². The molecule has 0 saturated carbocycles. The van der Waals surface area contributed by atoms with Crippen LogP contribution in [-0.2, 0) is 6.54 Å². The zero-order valence-electron chi connectivity index (χ0n) is 11.0. The summed E-state index contributed by atoms with van der Waals surface area (Å²) in [5.41, 5.74) is 1.34. The van der Waals surface area contributed by atoms with Crippen LogP contribution < -0.4 is 5.32 Å². The molecule has 1 N–H and O–H groups in total. The van der Waals surface area contributed by atoms with Crippen LogP contribution in [0.5, 0.6) is 0 Å². The normalized spacial score (nSPS) is 10.4. The van der Waals surface area contributed by atoms with E-state index < -0.39 is 0 Å². The van der Waals surface area contributed by atoms with E-state index in [9.17, 15) is 4.79 Å². The second-order valence-electron chi connectivity index (χ2n) is 4.43. The summed E-state index contributed by atoms with van der Waals surface area (Å²) in [5.74, 6) is -0.105. The third-order valence-electron chi connectivity index (χ3n) is 2.81. The van der Waals surface area contributed by atoms with Crippen molar-refractivity contribution >= 4 is 5.91 Å². The van der Waals surface area contributed by atoms with Gasteiger partial charge in [0.25, 0.3) is 5.91 Å². The Kier molecular flexibility index (Phi) is 4.66. The van der Waals surface area contributed by atoms with Crippen LogP contribution in [0, 0.1) is 6.92 Å². The molecule has 19 heavy (non-hydrogen) atoms. The zero-order chi connectivity index (χ0) is 13.5. The Labute approximate surface area is 112 Å². The summed E-state index contributed by atoms with van der Waals surface area (Å²) in [6.07, 6.45) is 7.46. The van der Waals surface area contributed by atoms with Gasteiger partial charge in [-0.1, -0.05) is 6.07 Å². The van der Waals surface area contributed by atoms with Gasteiger partial charge in [0.1, 0.15) is 5.69 Å². The molecule has 0 fully saturated rings. The number of amides is 1. The van der Waals surface area contributed by atoms with Crippen LogP contribution >= 0.6 is 0 Å². The van der Waals surface area contributed by atoms with Crippen molar-refractivity contribution in [2.24, 2.45) is 0 Å². The fraction of sp³-hybridized carbons (Fsp3) is 0.357. The quantitative estimate of drug-likeness (QED) is 0.804. The molecule has 0 radical (unpaired) electrons. The molecule has 0 atom stereocenters. The molecule has 0 saturated heterocycles. The topological polar surface area (TPSA) is 59.8 Å². The fourth-order valence-electron chi connectivity index (χ4n) is 1.80. The molecule has 0 unspecified atom stereocenters. The van der Waals surface area contributed by atoms with E-state index in [-0.39, 0.29) is 5.91 Å². The average molecular weight is 258 g/mol. The highest BCUT2D eigenvalue weighted by Gasteiger charge is 2.05. The summed E-state index contributed by atoms with van der Waals surface area (Å²) in [6, 6.07) is 5.45. The second kappa shape index (κ2) is 6.68. The van der Waals surface area contributed by atoms with E-state index in [1.165, 1.54) is 0 Å². The number of aromatic nitrogens is 3. The number of unbranched alkanes of at least 4 members (excludes halogenated alkanes) is 1. The molecule has 2 aromatic heterocycles. The Morgan fingerprint density at radius 2 is 2.26 bits per heavy atom. The van der Waals surface area contributed by atoms with Crippen molar-refractivity contribution in [2.75, 3.05) is 6.54 Å². The second-order valence-corrected chi connectivity index (χ2v) is 4.43. The standard InChI is InChI=1S/C14H18N4O/c1-12-5-4-6-13(17-12)14(19)16-7-2-3-9-18-10-8-15-11-18/h4-6,8,10-11H,2-3,7,9H2,1H3,(H,16,19).